The van der Waals surface area contributed by atoms with Gasteiger partial charge < -0.3 is 10.0 Å². The lowest BCUT2D eigenvalue weighted by Gasteiger charge is -2.21. The first-order valence-electron chi connectivity index (χ1n) is 7.28. The van der Waals surface area contributed by atoms with Gasteiger partial charge in [-0.05, 0) is 60.4 Å². The fourth-order valence-corrected chi connectivity index (χ4v) is 3.61. The molecule has 3 rings (SSSR count). The Kier molecular flexibility index (Phi) is 3.97. The molecule has 0 saturated heterocycles. The van der Waals surface area contributed by atoms with Crippen molar-refractivity contribution in [3.8, 4) is 5.75 Å². The molecule has 0 radical (unpaired) electrons. The van der Waals surface area contributed by atoms with Crippen molar-refractivity contribution in [3.63, 3.8) is 0 Å². The number of aryl methyl sites for hydroxylation is 2. The fourth-order valence-electron chi connectivity index (χ4n) is 2.86. The highest BCUT2D eigenvalue weighted by atomic mass is 32.1. The molecule has 0 spiro atoms. The summed E-state index contributed by atoms with van der Waals surface area (Å²) in [5.74, 6) is -0.00652. The van der Waals surface area contributed by atoms with E-state index >= 15 is 0 Å². The van der Waals surface area contributed by atoms with Crippen LogP contribution in [0.3, 0.4) is 0 Å². The molecule has 0 fully saturated rings. The minimum atomic E-state index is -0.116. The van der Waals surface area contributed by atoms with E-state index in [-0.39, 0.29) is 11.7 Å². The second kappa shape index (κ2) is 5.90. The third-order valence-electron chi connectivity index (χ3n) is 4.01. The lowest BCUT2D eigenvalue weighted by atomic mass is 9.89. The standard InChI is InChI=1S/C17H19NO2S/c1-18(11-14-7-4-8-21-14)17(20)15-9-12-5-2-3-6-13(12)10-16(15)19/h4,7-10,19H,2-3,5-6,11H2,1H3. The van der Waals surface area contributed by atoms with Gasteiger partial charge in [0, 0.05) is 11.9 Å². The molecule has 1 heterocycles. The number of amides is 1. The van der Waals surface area contributed by atoms with Crippen LogP contribution in [0.4, 0.5) is 0 Å². The number of benzene rings is 1. The molecule has 1 aromatic heterocycles. The van der Waals surface area contributed by atoms with Gasteiger partial charge in [0.15, 0.2) is 0 Å². The first-order chi connectivity index (χ1) is 10.1. The van der Waals surface area contributed by atoms with Gasteiger partial charge in [-0.15, -0.1) is 11.3 Å². The van der Waals surface area contributed by atoms with E-state index in [1.165, 1.54) is 11.1 Å². The molecule has 21 heavy (non-hydrogen) atoms. The normalized spacial score (nSPS) is 13.8. The van der Waals surface area contributed by atoms with Crippen molar-refractivity contribution in [3.05, 3.63) is 51.2 Å². The molecule has 1 amide bonds. The number of carbonyl (C=O) groups is 1. The number of phenolic OH excluding ortho intramolecular Hbond substituents is 1. The molecule has 0 unspecified atom stereocenters. The lowest BCUT2D eigenvalue weighted by molar-refractivity contribution is 0.0783. The minimum absolute atomic E-state index is 0.110. The van der Waals surface area contributed by atoms with Gasteiger partial charge in [-0.3, -0.25) is 4.79 Å². The zero-order chi connectivity index (χ0) is 14.8. The third-order valence-corrected chi connectivity index (χ3v) is 4.87. The summed E-state index contributed by atoms with van der Waals surface area (Å²) in [7, 11) is 1.78. The van der Waals surface area contributed by atoms with Crippen LogP contribution in [0.25, 0.3) is 0 Å². The van der Waals surface area contributed by atoms with Crippen molar-refractivity contribution in [2.75, 3.05) is 7.05 Å². The van der Waals surface area contributed by atoms with Crippen LogP contribution in [0.15, 0.2) is 29.6 Å². The van der Waals surface area contributed by atoms with E-state index in [1.807, 2.05) is 23.6 Å². The van der Waals surface area contributed by atoms with Gasteiger partial charge in [-0.25, -0.2) is 0 Å². The summed E-state index contributed by atoms with van der Waals surface area (Å²) in [6.45, 7) is 0.576. The molecule has 1 aliphatic carbocycles. The van der Waals surface area contributed by atoms with Gasteiger partial charge in [-0.1, -0.05) is 6.07 Å². The average molecular weight is 301 g/mol. The van der Waals surface area contributed by atoms with Crippen molar-refractivity contribution in [2.24, 2.45) is 0 Å². The lowest BCUT2D eigenvalue weighted by Crippen LogP contribution is -2.26. The van der Waals surface area contributed by atoms with Crippen molar-refractivity contribution in [1.29, 1.82) is 0 Å². The Morgan fingerprint density at radius 1 is 1.29 bits per heavy atom. The summed E-state index contributed by atoms with van der Waals surface area (Å²) < 4.78 is 0. The Bertz CT molecular complexity index is 649. The number of fused-ring (bicyclic) bond motifs is 1. The third kappa shape index (κ3) is 2.95. The number of hydrogen-bond donors (Lipinski definition) is 1. The van der Waals surface area contributed by atoms with E-state index in [4.69, 9.17) is 0 Å². The van der Waals surface area contributed by atoms with Gasteiger partial charge in [0.05, 0.1) is 12.1 Å². The summed E-state index contributed by atoms with van der Waals surface area (Å²) in [6.07, 6.45) is 4.33. The highest BCUT2D eigenvalue weighted by molar-refractivity contribution is 7.09. The molecule has 2 aromatic rings. The first-order valence-corrected chi connectivity index (χ1v) is 8.15. The molecular formula is C17H19NO2S. The van der Waals surface area contributed by atoms with E-state index in [0.29, 0.717) is 12.1 Å². The Labute approximate surface area is 128 Å². The number of thiophene rings is 1. The minimum Gasteiger partial charge on any atom is -0.507 e. The van der Waals surface area contributed by atoms with Gasteiger partial charge in [0.2, 0.25) is 0 Å². The van der Waals surface area contributed by atoms with E-state index in [1.54, 1.807) is 29.4 Å². The quantitative estimate of drug-likeness (QED) is 0.941. The zero-order valence-electron chi connectivity index (χ0n) is 12.1. The van der Waals surface area contributed by atoms with Crippen molar-refractivity contribution < 1.29 is 9.90 Å². The van der Waals surface area contributed by atoms with E-state index in [9.17, 15) is 9.90 Å². The molecule has 4 heteroatoms. The molecule has 0 atom stereocenters. The van der Waals surface area contributed by atoms with E-state index in [2.05, 4.69) is 0 Å². The molecule has 1 aromatic carbocycles. The Morgan fingerprint density at radius 3 is 2.67 bits per heavy atom. The topological polar surface area (TPSA) is 40.5 Å². The van der Waals surface area contributed by atoms with Crippen molar-refractivity contribution in [1.82, 2.24) is 4.90 Å². The molecule has 0 saturated carbocycles. The van der Waals surface area contributed by atoms with Crippen LogP contribution in [-0.2, 0) is 19.4 Å². The number of nitrogens with zero attached hydrogens (tertiary/aromatic N) is 1. The number of carbonyl (C=O) groups excluding carboxylic acids is 1. The smallest absolute Gasteiger partial charge is 0.257 e. The first kappa shape index (κ1) is 14.1. The van der Waals surface area contributed by atoms with Gasteiger partial charge in [0.25, 0.3) is 5.91 Å². The maximum absolute atomic E-state index is 12.5. The van der Waals surface area contributed by atoms with Crippen LogP contribution in [0.5, 0.6) is 5.75 Å². The molecule has 0 bridgehead atoms. The number of rotatable bonds is 3. The van der Waals surface area contributed by atoms with Crippen molar-refractivity contribution in [2.45, 2.75) is 32.2 Å². The van der Waals surface area contributed by atoms with Crippen molar-refractivity contribution >= 4 is 17.2 Å². The maximum atomic E-state index is 12.5. The zero-order valence-corrected chi connectivity index (χ0v) is 12.9. The predicted octanol–water partition coefficient (Wildman–Crippen LogP) is 3.60. The number of phenols is 1. The summed E-state index contributed by atoms with van der Waals surface area (Å²) in [5, 5.41) is 12.2. The molecular weight excluding hydrogens is 282 g/mol. The number of hydrogen-bond acceptors (Lipinski definition) is 3. The monoisotopic (exact) mass is 301 g/mol. The maximum Gasteiger partial charge on any atom is 0.257 e. The van der Waals surface area contributed by atoms with Gasteiger partial charge in [0.1, 0.15) is 5.75 Å². The summed E-state index contributed by atoms with van der Waals surface area (Å²) in [4.78, 5) is 15.4. The molecule has 0 aliphatic heterocycles. The Morgan fingerprint density at radius 2 is 2.00 bits per heavy atom. The summed E-state index contributed by atoms with van der Waals surface area (Å²) in [6, 6.07) is 7.66. The molecule has 1 N–H and O–H groups in total. The van der Waals surface area contributed by atoms with Gasteiger partial charge in [-0.2, -0.15) is 0 Å². The predicted molar refractivity (Wildman–Crippen MR) is 84.9 cm³/mol. The number of aromatic hydroxyl groups is 1. The highest BCUT2D eigenvalue weighted by Crippen LogP contribution is 2.29. The molecule has 3 nitrogen and oxygen atoms in total. The van der Waals surface area contributed by atoms with Crippen LogP contribution < -0.4 is 0 Å². The van der Waals surface area contributed by atoms with Crippen LogP contribution >= 0.6 is 11.3 Å². The fraction of sp³-hybridized carbons (Fsp3) is 0.353. The Hall–Kier alpha value is -1.81. The van der Waals surface area contributed by atoms with Crippen LogP contribution in [0.1, 0.15) is 39.2 Å². The molecule has 1 aliphatic rings. The average Bonchev–Trinajstić information content (AvgIpc) is 2.98. The second-order valence-corrected chi connectivity index (χ2v) is 6.62. The van der Waals surface area contributed by atoms with E-state index in [0.717, 1.165) is 30.6 Å². The second-order valence-electron chi connectivity index (χ2n) is 5.59. The van der Waals surface area contributed by atoms with E-state index < -0.39 is 0 Å². The van der Waals surface area contributed by atoms with Crippen LogP contribution in [0.2, 0.25) is 0 Å². The summed E-state index contributed by atoms with van der Waals surface area (Å²) >= 11 is 1.63. The van der Waals surface area contributed by atoms with Crippen LogP contribution in [0, 0.1) is 0 Å². The highest BCUT2D eigenvalue weighted by Gasteiger charge is 2.20. The largest absolute Gasteiger partial charge is 0.507 e. The van der Waals surface area contributed by atoms with Gasteiger partial charge >= 0.3 is 0 Å². The molecule has 110 valence electrons. The van der Waals surface area contributed by atoms with Crippen LogP contribution in [-0.4, -0.2) is 23.0 Å². The Balaban J connectivity index is 1.83. The SMILES string of the molecule is CN(Cc1cccs1)C(=O)c1cc2c(cc1O)CCCC2. The summed E-state index contributed by atoms with van der Waals surface area (Å²) in [5.41, 5.74) is 2.83.